The minimum Gasteiger partial charge on any atom is -0.326 e. The second-order valence-electron chi connectivity index (χ2n) is 4.34. The zero-order chi connectivity index (χ0) is 13.3. The molecule has 4 nitrogen and oxygen atoms in total. The lowest BCUT2D eigenvalue weighted by Crippen LogP contribution is -2.26. The second-order valence-corrected chi connectivity index (χ2v) is 6.86. The van der Waals surface area contributed by atoms with Gasteiger partial charge in [-0.3, -0.25) is 0 Å². The topological polar surface area (TPSA) is 72.2 Å². The van der Waals surface area contributed by atoms with Gasteiger partial charge in [-0.05, 0) is 30.9 Å². The molecular formula is C11H14Cl2N2O2S. The fraction of sp³-hybridized carbons (Fsp3) is 0.455. The summed E-state index contributed by atoms with van der Waals surface area (Å²) in [6.45, 7) is 0.558. The van der Waals surface area contributed by atoms with Gasteiger partial charge in [0.05, 0.1) is 5.02 Å². The lowest BCUT2D eigenvalue weighted by molar-refractivity contribution is 0.577. The van der Waals surface area contributed by atoms with E-state index in [2.05, 4.69) is 4.72 Å². The summed E-state index contributed by atoms with van der Waals surface area (Å²) in [5, 5.41) is 0.483. The number of benzene rings is 1. The van der Waals surface area contributed by atoms with Crippen LogP contribution in [0.1, 0.15) is 18.4 Å². The van der Waals surface area contributed by atoms with Gasteiger partial charge in [-0.2, -0.15) is 0 Å². The van der Waals surface area contributed by atoms with E-state index in [1.807, 2.05) is 0 Å². The Balaban J connectivity index is 2.31. The maximum absolute atomic E-state index is 12.1. The van der Waals surface area contributed by atoms with Crippen LogP contribution in [-0.4, -0.2) is 15.0 Å². The minimum absolute atomic E-state index is 0.0367. The van der Waals surface area contributed by atoms with Crippen molar-refractivity contribution in [2.24, 2.45) is 11.7 Å². The first-order chi connectivity index (χ1) is 8.45. The monoisotopic (exact) mass is 308 g/mol. The summed E-state index contributed by atoms with van der Waals surface area (Å²) in [5.74, 6) is 0.458. The van der Waals surface area contributed by atoms with Crippen molar-refractivity contribution >= 4 is 33.2 Å². The third kappa shape index (κ3) is 2.97. The predicted octanol–water partition coefficient (Wildman–Crippen LogP) is 2.14. The summed E-state index contributed by atoms with van der Waals surface area (Å²) < 4.78 is 26.7. The lowest BCUT2D eigenvalue weighted by atomic mass is 10.2. The van der Waals surface area contributed by atoms with Crippen molar-refractivity contribution in [3.63, 3.8) is 0 Å². The Labute approximate surface area is 117 Å². The molecule has 1 aromatic rings. The molecule has 2 rings (SSSR count). The zero-order valence-electron chi connectivity index (χ0n) is 9.62. The molecule has 0 atom stereocenters. The number of hydrogen-bond acceptors (Lipinski definition) is 3. The first-order valence-electron chi connectivity index (χ1n) is 5.62. The van der Waals surface area contributed by atoms with Crippen molar-refractivity contribution in [1.82, 2.24) is 4.72 Å². The first-order valence-corrected chi connectivity index (χ1v) is 7.86. The summed E-state index contributed by atoms with van der Waals surface area (Å²) in [6, 6.07) is 2.90. The average molecular weight is 309 g/mol. The van der Waals surface area contributed by atoms with Gasteiger partial charge in [0.15, 0.2) is 0 Å². The summed E-state index contributed by atoms with van der Waals surface area (Å²) in [5.41, 5.74) is 5.96. The van der Waals surface area contributed by atoms with Crippen LogP contribution >= 0.6 is 23.2 Å². The van der Waals surface area contributed by atoms with Crippen LogP contribution in [0, 0.1) is 5.92 Å². The highest BCUT2D eigenvalue weighted by Crippen LogP contribution is 2.32. The van der Waals surface area contributed by atoms with Crippen LogP contribution in [-0.2, 0) is 16.6 Å². The van der Waals surface area contributed by atoms with Gasteiger partial charge < -0.3 is 5.73 Å². The summed E-state index contributed by atoms with van der Waals surface area (Å²) in [7, 11) is -3.59. The summed E-state index contributed by atoms with van der Waals surface area (Å²) >= 11 is 12.0. The van der Waals surface area contributed by atoms with Crippen molar-refractivity contribution in [1.29, 1.82) is 0 Å². The van der Waals surface area contributed by atoms with Gasteiger partial charge in [0.2, 0.25) is 10.0 Å². The number of rotatable bonds is 5. The van der Waals surface area contributed by atoms with Crippen molar-refractivity contribution < 1.29 is 8.42 Å². The van der Waals surface area contributed by atoms with E-state index in [0.29, 0.717) is 23.0 Å². The molecule has 1 aliphatic rings. The molecule has 0 aromatic heterocycles. The largest absolute Gasteiger partial charge is 0.326 e. The van der Waals surface area contributed by atoms with Gasteiger partial charge >= 0.3 is 0 Å². The number of sulfonamides is 1. The molecule has 0 unspecified atom stereocenters. The quantitative estimate of drug-likeness (QED) is 0.875. The van der Waals surface area contributed by atoms with Crippen LogP contribution in [0.15, 0.2) is 17.0 Å². The minimum atomic E-state index is -3.59. The summed E-state index contributed by atoms with van der Waals surface area (Å²) in [4.78, 5) is 0.0367. The fourth-order valence-electron chi connectivity index (χ4n) is 1.60. The Morgan fingerprint density at radius 1 is 1.33 bits per heavy atom. The van der Waals surface area contributed by atoms with Gasteiger partial charge in [0.1, 0.15) is 4.90 Å². The van der Waals surface area contributed by atoms with Crippen molar-refractivity contribution in [2.45, 2.75) is 24.3 Å². The Kier molecular flexibility index (Phi) is 4.18. The van der Waals surface area contributed by atoms with Gasteiger partial charge in [0.25, 0.3) is 0 Å². The van der Waals surface area contributed by atoms with Gasteiger partial charge in [-0.25, -0.2) is 13.1 Å². The van der Waals surface area contributed by atoms with E-state index in [0.717, 1.165) is 12.8 Å². The third-order valence-corrected chi connectivity index (χ3v) is 5.27. The molecule has 0 aliphatic heterocycles. The second kappa shape index (κ2) is 5.35. The van der Waals surface area contributed by atoms with E-state index in [1.54, 1.807) is 0 Å². The van der Waals surface area contributed by atoms with E-state index < -0.39 is 10.0 Å². The standard InChI is InChI=1S/C11H14Cl2N2O2S/c12-9-3-4-10(11(13)8(9)5-14)18(16,17)15-6-7-1-2-7/h3-4,7,15H,1-2,5-6,14H2. The Morgan fingerprint density at radius 3 is 2.56 bits per heavy atom. The Morgan fingerprint density at radius 2 is 2.00 bits per heavy atom. The molecule has 1 aromatic carbocycles. The predicted molar refractivity (Wildman–Crippen MR) is 72.3 cm³/mol. The third-order valence-electron chi connectivity index (χ3n) is 2.90. The zero-order valence-corrected chi connectivity index (χ0v) is 11.9. The Bertz CT molecular complexity index is 556. The molecule has 18 heavy (non-hydrogen) atoms. The van der Waals surface area contributed by atoms with Crippen LogP contribution in [0.4, 0.5) is 0 Å². The number of halogens is 2. The molecule has 1 fully saturated rings. The number of hydrogen-bond donors (Lipinski definition) is 2. The van der Waals surface area contributed by atoms with E-state index >= 15 is 0 Å². The summed E-state index contributed by atoms with van der Waals surface area (Å²) in [6.07, 6.45) is 2.15. The molecule has 3 N–H and O–H groups in total. The maximum atomic E-state index is 12.1. The molecular weight excluding hydrogens is 295 g/mol. The molecule has 0 saturated heterocycles. The highest BCUT2D eigenvalue weighted by atomic mass is 35.5. The van der Waals surface area contributed by atoms with E-state index in [-0.39, 0.29) is 16.5 Å². The lowest BCUT2D eigenvalue weighted by Gasteiger charge is -2.11. The van der Waals surface area contributed by atoms with Gasteiger partial charge in [-0.1, -0.05) is 23.2 Å². The molecule has 100 valence electrons. The van der Waals surface area contributed by atoms with E-state index in [9.17, 15) is 8.42 Å². The van der Waals surface area contributed by atoms with E-state index in [4.69, 9.17) is 28.9 Å². The molecule has 1 saturated carbocycles. The van der Waals surface area contributed by atoms with Crippen molar-refractivity contribution in [3.8, 4) is 0 Å². The number of nitrogens with two attached hydrogens (primary N) is 1. The first kappa shape index (κ1) is 14.1. The Hall–Kier alpha value is -0.330. The van der Waals surface area contributed by atoms with Crippen LogP contribution in [0.5, 0.6) is 0 Å². The number of nitrogens with one attached hydrogen (secondary N) is 1. The van der Waals surface area contributed by atoms with Gasteiger partial charge in [-0.15, -0.1) is 0 Å². The van der Waals surface area contributed by atoms with Crippen LogP contribution in [0.25, 0.3) is 0 Å². The molecule has 1 aliphatic carbocycles. The van der Waals surface area contributed by atoms with Crippen LogP contribution in [0.2, 0.25) is 10.0 Å². The van der Waals surface area contributed by atoms with Crippen molar-refractivity contribution in [2.75, 3.05) is 6.54 Å². The molecule has 0 bridgehead atoms. The van der Waals surface area contributed by atoms with Gasteiger partial charge in [0, 0.05) is 23.7 Å². The fourth-order valence-corrected chi connectivity index (χ4v) is 3.64. The van der Waals surface area contributed by atoms with Crippen molar-refractivity contribution in [3.05, 3.63) is 27.7 Å². The molecule has 0 heterocycles. The highest BCUT2D eigenvalue weighted by molar-refractivity contribution is 7.89. The van der Waals surface area contributed by atoms with Crippen LogP contribution < -0.4 is 10.5 Å². The van der Waals surface area contributed by atoms with E-state index in [1.165, 1.54) is 12.1 Å². The highest BCUT2D eigenvalue weighted by Gasteiger charge is 2.26. The molecule has 0 radical (unpaired) electrons. The van der Waals surface area contributed by atoms with Crippen LogP contribution in [0.3, 0.4) is 0 Å². The molecule has 7 heteroatoms. The molecule has 0 spiro atoms. The smallest absolute Gasteiger partial charge is 0.242 e. The average Bonchev–Trinajstić information content (AvgIpc) is 3.10. The maximum Gasteiger partial charge on any atom is 0.242 e. The molecule has 0 amide bonds. The SMILES string of the molecule is NCc1c(Cl)ccc(S(=O)(=O)NCC2CC2)c1Cl. The normalized spacial score (nSPS) is 15.9.